The van der Waals surface area contributed by atoms with Crippen molar-refractivity contribution in [3.63, 3.8) is 0 Å². The summed E-state index contributed by atoms with van der Waals surface area (Å²) in [5.74, 6) is 0.911. The van der Waals surface area contributed by atoms with E-state index < -0.39 is 0 Å². The van der Waals surface area contributed by atoms with E-state index in [1.807, 2.05) is 34.2 Å². The molecule has 152 valence electrons. The van der Waals surface area contributed by atoms with E-state index in [1.54, 1.807) is 0 Å². The normalized spacial score (nSPS) is 21.8. The van der Waals surface area contributed by atoms with Gasteiger partial charge in [-0.2, -0.15) is 0 Å². The molecule has 0 spiro atoms. The van der Waals surface area contributed by atoms with Gasteiger partial charge in [0.2, 0.25) is 0 Å². The van der Waals surface area contributed by atoms with Gasteiger partial charge >= 0.3 is 6.09 Å². The number of amides is 2. The second kappa shape index (κ2) is 7.33. The van der Waals surface area contributed by atoms with E-state index in [0.29, 0.717) is 25.3 Å². The highest BCUT2D eigenvalue weighted by atomic mass is 32.1. The Balaban J connectivity index is 1.24. The Kier molecular flexibility index (Phi) is 4.66. The van der Waals surface area contributed by atoms with Crippen LogP contribution in [-0.2, 0) is 11.2 Å². The molecule has 0 bridgehead atoms. The van der Waals surface area contributed by atoms with Crippen LogP contribution in [0.3, 0.4) is 0 Å². The molecule has 2 amide bonds. The van der Waals surface area contributed by atoms with Gasteiger partial charge < -0.3 is 19.3 Å². The minimum Gasteiger partial charge on any atom is -0.493 e. The summed E-state index contributed by atoms with van der Waals surface area (Å²) in [6.45, 7) is 4.53. The number of likely N-dealkylation sites (tertiary alicyclic amines) is 1. The lowest BCUT2D eigenvalue weighted by atomic mass is 10.0. The predicted octanol–water partition coefficient (Wildman–Crippen LogP) is 3.19. The van der Waals surface area contributed by atoms with Crippen LogP contribution in [0.5, 0.6) is 5.75 Å². The molecule has 7 nitrogen and oxygen atoms in total. The van der Waals surface area contributed by atoms with Gasteiger partial charge in [-0.3, -0.25) is 4.79 Å². The van der Waals surface area contributed by atoms with Gasteiger partial charge in [-0.1, -0.05) is 0 Å². The van der Waals surface area contributed by atoms with Crippen LogP contribution in [-0.4, -0.2) is 65.2 Å². The van der Waals surface area contributed by atoms with Crippen molar-refractivity contribution in [1.29, 1.82) is 0 Å². The van der Waals surface area contributed by atoms with Crippen LogP contribution in [0.25, 0.3) is 10.6 Å². The number of piperidine rings is 1. The smallest absolute Gasteiger partial charge is 0.410 e. The largest absolute Gasteiger partial charge is 0.493 e. The molecule has 1 unspecified atom stereocenters. The summed E-state index contributed by atoms with van der Waals surface area (Å²) in [6.07, 6.45) is 2.18. The van der Waals surface area contributed by atoms with Crippen molar-refractivity contribution in [1.82, 2.24) is 14.8 Å². The maximum Gasteiger partial charge on any atom is 0.410 e. The third kappa shape index (κ3) is 3.46. The third-order valence-electron chi connectivity index (χ3n) is 5.84. The Bertz CT molecular complexity index is 951. The molecule has 0 radical (unpaired) electrons. The fourth-order valence-corrected chi connectivity index (χ4v) is 5.08. The number of carbonyl (C=O) groups excluding carboxylic acids is 2. The van der Waals surface area contributed by atoms with E-state index >= 15 is 0 Å². The number of ether oxygens (including phenoxy) is 2. The fourth-order valence-electron chi connectivity index (χ4n) is 4.29. The first kappa shape index (κ1) is 18.4. The van der Waals surface area contributed by atoms with Gasteiger partial charge in [-0.25, -0.2) is 9.78 Å². The van der Waals surface area contributed by atoms with E-state index in [1.165, 1.54) is 16.9 Å². The molecule has 0 N–H and O–H groups in total. The van der Waals surface area contributed by atoms with Gasteiger partial charge in [0.15, 0.2) is 0 Å². The van der Waals surface area contributed by atoms with Crippen LogP contribution in [0.2, 0.25) is 0 Å². The zero-order chi connectivity index (χ0) is 20.0. The Morgan fingerprint density at radius 1 is 1.28 bits per heavy atom. The van der Waals surface area contributed by atoms with Crippen molar-refractivity contribution >= 4 is 23.3 Å². The maximum atomic E-state index is 12.9. The molecule has 29 heavy (non-hydrogen) atoms. The van der Waals surface area contributed by atoms with E-state index in [9.17, 15) is 9.59 Å². The first-order valence-corrected chi connectivity index (χ1v) is 10.9. The SMILES string of the molecule is CC1CN(C2CCN(C(=O)c3csc(-c4ccc5c(c4)CCO5)n3)CC2)C(=O)O1. The minimum absolute atomic E-state index is 0.0344. The summed E-state index contributed by atoms with van der Waals surface area (Å²) < 4.78 is 10.8. The Labute approximate surface area is 173 Å². The number of fused-ring (bicyclic) bond motifs is 1. The van der Waals surface area contributed by atoms with Gasteiger partial charge in [0.25, 0.3) is 5.91 Å². The fraction of sp³-hybridized carbons (Fsp3) is 0.476. The molecule has 8 heteroatoms. The molecule has 4 heterocycles. The lowest BCUT2D eigenvalue weighted by Crippen LogP contribution is -2.47. The van der Waals surface area contributed by atoms with Gasteiger partial charge in [0, 0.05) is 36.5 Å². The zero-order valence-electron chi connectivity index (χ0n) is 16.3. The molecule has 0 saturated carbocycles. The molecule has 2 saturated heterocycles. The first-order chi connectivity index (χ1) is 14.1. The molecule has 1 aromatic carbocycles. The Morgan fingerprint density at radius 2 is 2.10 bits per heavy atom. The summed E-state index contributed by atoms with van der Waals surface area (Å²) in [7, 11) is 0. The van der Waals surface area contributed by atoms with Crippen molar-refractivity contribution in [2.45, 2.75) is 38.3 Å². The van der Waals surface area contributed by atoms with Crippen molar-refractivity contribution in [2.75, 3.05) is 26.2 Å². The number of hydrogen-bond donors (Lipinski definition) is 0. The number of thiazole rings is 1. The zero-order valence-corrected chi connectivity index (χ0v) is 17.1. The second-order valence-corrected chi connectivity index (χ2v) is 8.69. The summed E-state index contributed by atoms with van der Waals surface area (Å²) >= 11 is 1.49. The van der Waals surface area contributed by atoms with Crippen molar-refractivity contribution in [3.8, 4) is 16.3 Å². The highest BCUT2D eigenvalue weighted by Crippen LogP contribution is 2.32. The molecule has 3 aliphatic heterocycles. The maximum absolute atomic E-state index is 12.9. The number of benzene rings is 1. The highest BCUT2D eigenvalue weighted by molar-refractivity contribution is 7.13. The molecule has 0 aliphatic carbocycles. The van der Waals surface area contributed by atoms with Crippen LogP contribution in [0.1, 0.15) is 35.8 Å². The van der Waals surface area contributed by atoms with Crippen molar-refractivity contribution in [2.24, 2.45) is 0 Å². The van der Waals surface area contributed by atoms with Crippen LogP contribution >= 0.6 is 11.3 Å². The second-order valence-electron chi connectivity index (χ2n) is 7.83. The molecular formula is C21H23N3O4S. The lowest BCUT2D eigenvalue weighted by Gasteiger charge is -2.35. The van der Waals surface area contributed by atoms with E-state index in [-0.39, 0.29) is 24.1 Å². The molecule has 2 aromatic rings. The number of hydrogen-bond acceptors (Lipinski definition) is 6. The van der Waals surface area contributed by atoms with Crippen LogP contribution in [0.4, 0.5) is 4.79 Å². The van der Waals surface area contributed by atoms with E-state index in [4.69, 9.17) is 9.47 Å². The van der Waals surface area contributed by atoms with Gasteiger partial charge in [-0.05, 0) is 43.5 Å². The van der Waals surface area contributed by atoms with Gasteiger partial charge in [-0.15, -0.1) is 11.3 Å². The average Bonchev–Trinajstić information content (AvgIpc) is 3.46. The monoisotopic (exact) mass is 413 g/mol. The topological polar surface area (TPSA) is 72.0 Å². The summed E-state index contributed by atoms with van der Waals surface area (Å²) in [5.41, 5.74) is 2.72. The van der Waals surface area contributed by atoms with E-state index in [0.717, 1.165) is 42.2 Å². The number of aromatic nitrogens is 1. The van der Waals surface area contributed by atoms with Crippen LogP contribution in [0.15, 0.2) is 23.6 Å². The van der Waals surface area contributed by atoms with Crippen LogP contribution in [0, 0.1) is 0 Å². The molecule has 1 atom stereocenters. The number of rotatable bonds is 3. The summed E-state index contributed by atoms with van der Waals surface area (Å²) in [4.78, 5) is 33.1. The lowest BCUT2D eigenvalue weighted by molar-refractivity contribution is 0.0653. The van der Waals surface area contributed by atoms with E-state index in [2.05, 4.69) is 11.1 Å². The number of nitrogens with zero attached hydrogens (tertiary/aromatic N) is 3. The summed E-state index contributed by atoms with van der Waals surface area (Å²) in [5, 5.41) is 2.69. The third-order valence-corrected chi connectivity index (χ3v) is 6.73. The Morgan fingerprint density at radius 3 is 2.86 bits per heavy atom. The molecule has 3 aliphatic rings. The molecule has 5 rings (SSSR count). The minimum atomic E-state index is -0.230. The standard InChI is InChI=1S/C21H23N3O4S/c1-13-11-24(21(26)28-13)16-4-7-23(8-5-16)20(25)17-12-29-19(22-17)15-2-3-18-14(10-15)6-9-27-18/h2-3,10,12-13,16H,4-9,11H2,1H3. The quantitative estimate of drug-likeness (QED) is 0.773. The highest BCUT2D eigenvalue weighted by Gasteiger charge is 2.36. The summed E-state index contributed by atoms with van der Waals surface area (Å²) in [6, 6.07) is 6.24. The number of carbonyl (C=O) groups is 2. The molecule has 1 aromatic heterocycles. The molecule has 2 fully saturated rings. The van der Waals surface area contributed by atoms with Crippen molar-refractivity contribution < 1.29 is 19.1 Å². The average molecular weight is 413 g/mol. The first-order valence-electron chi connectivity index (χ1n) is 10.1. The Hall–Kier alpha value is -2.61. The van der Waals surface area contributed by atoms with Crippen molar-refractivity contribution in [3.05, 3.63) is 34.8 Å². The molecular weight excluding hydrogens is 390 g/mol. The number of cyclic esters (lactones) is 1. The predicted molar refractivity (Wildman–Crippen MR) is 108 cm³/mol. The van der Waals surface area contributed by atoms with Gasteiger partial charge in [0.1, 0.15) is 22.6 Å². The van der Waals surface area contributed by atoms with Crippen LogP contribution < -0.4 is 4.74 Å². The van der Waals surface area contributed by atoms with Gasteiger partial charge in [0.05, 0.1) is 13.2 Å².